The monoisotopic (exact) mass is 700 g/mol. The van der Waals surface area contributed by atoms with E-state index in [0.717, 1.165) is 39.8 Å². The number of aromatic nitrogens is 3. The van der Waals surface area contributed by atoms with Crippen molar-refractivity contribution in [3.63, 3.8) is 0 Å². The molecule has 4 heterocycles. The first-order chi connectivity index (χ1) is 23.6. The van der Waals surface area contributed by atoms with Gasteiger partial charge in [0.1, 0.15) is 5.65 Å². The van der Waals surface area contributed by atoms with Gasteiger partial charge < -0.3 is 25.8 Å². The Morgan fingerprint density at radius 3 is 2.39 bits per heavy atom. The number of pyridine rings is 2. The van der Waals surface area contributed by atoms with Crippen LogP contribution in [0, 0.1) is 6.92 Å². The molecule has 0 aliphatic carbocycles. The maximum absolute atomic E-state index is 13.1. The zero-order valence-corrected chi connectivity index (χ0v) is 29.0. The fraction of sp³-hybridized carbons (Fsp3) is 0.297. The number of methoxy groups -OCH3 is 1. The molecule has 10 nitrogen and oxygen atoms in total. The van der Waals surface area contributed by atoms with Gasteiger partial charge in [0.25, 0.3) is 5.56 Å². The van der Waals surface area contributed by atoms with E-state index in [9.17, 15) is 14.7 Å². The van der Waals surface area contributed by atoms with Crippen LogP contribution in [0.4, 0.5) is 0 Å². The highest BCUT2D eigenvalue weighted by Crippen LogP contribution is 2.42. The van der Waals surface area contributed by atoms with Gasteiger partial charge in [0, 0.05) is 78.2 Å². The fourth-order valence-electron chi connectivity index (χ4n) is 6.05. The molecular formula is C37H38Cl2N6O4. The van der Waals surface area contributed by atoms with Crippen LogP contribution < -0.4 is 26.2 Å². The van der Waals surface area contributed by atoms with Gasteiger partial charge in [0.15, 0.2) is 0 Å². The molecule has 1 saturated heterocycles. The molecule has 254 valence electrons. The Balaban J connectivity index is 1.28. The van der Waals surface area contributed by atoms with Crippen LogP contribution in [0.3, 0.4) is 0 Å². The number of nitrogens with one attached hydrogen (secondary N) is 3. The number of fused-ring (bicyclic) bond motifs is 1. The normalized spacial score (nSPS) is 15.1. The molecule has 12 heteroatoms. The number of aliphatic hydroxyl groups excluding tert-OH is 1. The number of hydrogen-bond acceptors (Lipinski definition) is 8. The van der Waals surface area contributed by atoms with Gasteiger partial charge in [0.2, 0.25) is 11.8 Å². The largest absolute Gasteiger partial charge is 0.481 e. The number of hydrogen-bond donors (Lipinski definition) is 4. The minimum Gasteiger partial charge on any atom is -0.481 e. The van der Waals surface area contributed by atoms with Crippen LogP contribution >= 0.6 is 23.2 Å². The summed E-state index contributed by atoms with van der Waals surface area (Å²) in [5, 5.41) is 20.1. The smallest absolute Gasteiger partial charge is 0.261 e. The second-order valence-electron chi connectivity index (χ2n) is 12.2. The summed E-state index contributed by atoms with van der Waals surface area (Å²) < 4.78 is 7.16. The zero-order valence-electron chi connectivity index (χ0n) is 27.5. The van der Waals surface area contributed by atoms with Crippen molar-refractivity contribution in [2.24, 2.45) is 0 Å². The molecule has 0 bridgehead atoms. The van der Waals surface area contributed by atoms with E-state index in [1.807, 2.05) is 60.7 Å². The highest BCUT2D eigenvalue weighted by atomic mass is 35.5. The number of aliphatic hydroxyl groups is 1. The Morgan fingerprint density at radius 1 is 0.980 bits per heavy atom. The third kappa shape index (κ3) is 7.49. The molecule has 2 aromatic carbocycles. The minimum atomic E-state index is -0.510. The summed E-state index contributed by atoms with van der Waals surface area (Å²) in [4.78, 5) is 34.2. The minimum absolute atomic E-state index is 0.0921. The summed E-state index contributed by atoms with van der Waals surface area (Å²) in [6, 6.07) is 19.2. The lowest BCUT2D eigenvalue weighted by molar-refractivity contribution is -0.119. The Morgan fingerprint density at radius 2 is 1.69 bits per heavy atom. The first-order valence-electron chi connectivity index (χ1n) is 16.2. The van der Waals surface area contributed by atoms with E-state index in [4.69, 9.17) is 37.9 Å². The number of carbonyl (C=O) groups excluding carboxylic acids is 1. The van der Waals surface area contributed by atoms with Gasteiger partial charge in [-0.1, -0.05) is 65.7 Å². The van der Waals surface area contributed by atoms with Gasteiger partial charge in [-0.2, -0.15) is 0 Å². The molecule has 4 N–H and O–H groups in total. The summed E-state index contributed by atoms with van der Waals surface area (Å²) in [6.07, 6.45) is 2.59. The molecule has 49 heavy (non-hydrogen) atoms. The van der Waals surface area contributed by atoms with Gasteiger partial charge >= 0.3 is 0 Å². The Kier molecular flexibility index (Phi) is 10.6. The highest BCUT2D eigenvalue weighted by molar-refractivity contribution is 6.39. The number of amides is 1. The van der Waals surface area contributed by atoms with Crippen molar-refractivity contribution < 1.29 is 14.6 Å². The summed E-state index contributed by atoms with van der Waals surface area (Å²) in [5.41, 5.74) is 6.84. The van der Waals surface area contributed by atoms with E-state index in [1.165, 1.54) is 4.40 Å². The quantitative estimate of drug-likeness (QED) is 0.133. The molecule has 0 saturated carbocycles. The molecule has 1 aliphatic rings. The van der Waals surface area contributed by atoms with Crippen LogP contribution in [0.5, 0.6) is 5.88 Å². The third-order valence-corrected chi connectivity index (χ3v) is 9.50. The van der Waals surface area contributed by atoms with Gasteiger partial charge in [-0.05, 0) is 44.0 Å². The lowest BCUT2D eigenvalue weighted by atomic mass is 9.97. The molecule has 1 fully saturated rings. The molecule has 6 rings (SSSR count). The van der Waals surface area contributed by atoms with E-state index in [-0.39, 0.29) is 17.5 Å². The summed E-state index contributed by atoms with van der Waals surface area (Å²) >= 11 is 14.2. The number of ether oxygens (including phenoxy) is 1. The average molecular weight is 702 g/mol. The second kappa shape index (κ2) is 15.1. The average Bonchev–Trinajstić information content (AvgIpc) is 3.51. The molecular weight excluding hydrogens is 663 g/mol. The van der Waals surface area contributed by atoms with E-state index >= 15 is 0 Å². The van der Waals surface area contributed by atoms with Crippen LogP contribution in [-0.4, -0.2) is 57.7 Å². The summed E-state index contributed by atoms with van der Waals surface area (Å²) in [5.74, 6) is 0.581. The van der Waals surface area contributed by atoms with E-state index in [2.05, 4.69) is 16.0 Å². The molecule has 1 amide bonds. The maximum Gasteiger partial charge on any atom is 0.261 e. The van der Waals surface area contributed by atoms with Gasteiger partial charge in [0.05, 0.1) is 34.6 Å². The second-order valence-corrected chi connectivity index (χ2v) is 13.0. The SMILES string of the molecule is COc1nc(-c2cccc(-c3cccc(-c4ccn5c(=O)c(C)c(CNCC(C)O)nc5c4)c3Cl)c2Cl)ccc1CNC[C@@H]1CCC(=O)N1. The number of carbonyl (C=O) groups is 1. The molecule has 3 aromatic heterocycles. The zero-order chi connectivity index (χ0) is 34.7. The molecule has 1 aliphatic heterocycles. The molecule has 5 aromatic rings. The Bertz CT molecular complexity index is 2080. The number of benzene rings is 2. The van der Waals surface area contributed by atoms with Crippen molar-refractivity contribution in [3.05, 3.63) is 104 Å². The van der Waals surface area contributed by atoms with Crippen LogP contribution in [0.2, 0.25) is 10.0 Å². The first-order valence-corrected chi connectivity index (χ1v) is 16.9. The van der Waals surface area contributed by atoms with Crippen molar-refractivity contribution in [3.8, 4) is 39.4 Å². The maximum atomic E-state index is 13.1. The molecule has 1 unspecified atom stereocenters. The van der Waals surface area contributed by atoms with Crippen LogP contribution in [0.1, 0.15) is 36.6 Å². The number of halogens is 2. The summed E-state index contributed by atoms with van der Waals surface area (Å²) in [6.45, 7) is 5.41. The lowest BCUT2D eigenvalue weighted by Gasteiger charge is -2.16. The fourth-order valence-corrected chi connectivity index (χ4v) is 6.72. The van der Waals surface area contributed by atoms with Crippen molar-refractivity contribution in [1.82, 2.24) is 30.3 Å². The molecule has 0 radical (unpaired) electrons. The van der Waals surface area contributed by atoms with Gasteiger partial charge in [-0.25, -0.2) is 9.97 Å². The van der Waals surface area contributed by atoms with E-state index < -0.39 is 6.10 Å². The van der Waals surface area contributed by atoms with Crippen molar-refractivity contribution >= 4 is 34.8 Å². The third-order valence-electron chi connectivity index (χ3n) is 8.69. The molecule has 2 atom stereocenters. The van der Waals surface area contributed by atoms with Gasteiger partial charge in [-0.3, -0.25) is 14.0 Å². The highest BCUT2D eigenvalue weighted by Gasteiger charge is 2.21. The lowest BCUT2D eigenvalue weighted by Crippen LogP contribution is -2.35. The van der Waals surface area contributed by atoms with Crippen molar-refractivity contribution in [2.75, 3.05) is 20.2 Å². The Labute approximate surface area is 294 Å². The van der Waals surface area contributed by atoms with E-state index in [1.54, 1.807) is 27.2 Å². The van der Waals surface area contributed by atoms with Crippen LogP contribution in [-0.2, 0) is 17.9 Å². The molecule has 0 spiro atoms. The standard InChI is InChI=1S/C37H38Cl2N6O4/c1-21(46)17-40-20-31-22(2)37(48)45-15-14-23(16-32(45)43-31)26-6-4-7-27(34(26)38)28-8-5-9-29(35(28)39)30-12-10-24(36(44-30)49-3)18-41-19-25-11-13-33(47)42-25/h4-10,12,14-16,21,25,40-41,46H,11,13,17-20H2,1-3H3,(H,42,47)/t21?,25-/m0/s1. The van der Waals surface area contributed by atoms with Gasteiger partial charge in [-0.15, -0.1) is 0 Å². The number of rotatable bonds is 12. The van der Waals surface area contributed by atoms with Crippen molar-refractivity contribution in [2.45, 2.75) is 51.9 Å². The van der Waals surface area contributed by atoms with Crippen molar-refractivity contribution in [1.29, 1.82) is 0 Å². The summed E-state index contributed by atoms with van der Waals surface area (Å²) in [7, 11) is 1.59. The number of nitrogens with zero attached hydrogens (tertiary/aromatic N) is 3. The predicted molar refractivity (Wildman–Crippen MR) is 193 cm³/mol. The van der Waals surface area contributed by atoms with Crippen LogP contribution in [0.25, 0.3) is 39.2 Å². The van der Waals surface area contributed by atoms with Crippen LogP contribution in [0.15, 0.2) is 71.7 Å². The Hall–Kier alpha value is -4.32. The first kappa shape index (κ1) is 34.5. The topological polar surface area (TPSA) is 130 Å². The van der Waals surface area contributed by atoms with E-state index in [0.29, 0.717) is 71.1 Å². The predicted octanol–water partition coefficient (Wildman–Crippen LogP) is 5.55.